The highest BCUT2D eigenvalue weighted by Crippen LogP contribution is 2.25. The molecule has 2 aromatic rings. The van der Waals surface area contributed by atoms with E-state index >= 15 is 0 Å². The maximum absolute atomic E-state index is 12.8. The van der Waals surface area contributed by atoms with Crippen molar-refractivity contribution in [2.24, 2.45) is 0 Å². The van der Waals surface area contributed by atoms with Gasteiger partial charge in [-0.3, -0.25) is 9.59 Å². The molecule has 1 aromatic carbocycles. The van der Waals surface area contributed by atoms with Gasteiger partial charge < -0.3 is 14.7 Å². The Labute approximate surface area is 160 Å². The Morgan fingerprint density at radius 2 is 2.12 bits per heavy atom. The maximum Gasteiger partial charge on any atom is 0.306 e. The molecule has 7 nitrogen and oxygen atoms in total. The molecule has 1 fully saturated rings. The van der Waals surface area contributed by atoms with E-state index in [1.807, 2.05) is 6.92 Å². The van der Waals surface area contributed by atoms with Crippen molar-refractivity contribution in [1.82, 2.24) is 14.7 Å². The number of carboxylic acid groups (broad SMARTS) is 1. The van der Waals surface area contributed by atoms with E-state index in [2.05, 4.69) is 5.10 Å². The van der Waals surface area contributed by atoms with Crippen molar-refractivity contribution in [3.05, 3.63) is 45.7 Å². The number of halogens is 2. The first kappa shape index (κ1) is 18.7. The first-order valence-electron chi connectivity index (χ1n) is 8.00. The number of ether oxygens (including phenoxy) is 1. The van der Waals surface area contributed by atoms with E-state index in [9.17, 15) is 9.59 Å². The maximum atomic E-state index is 12.8. The molecule has 1 saturated heterocycles. The Morgan fingerprint density at radius 3 is 2.81 bits per heavy atom. The van der Waals surface area contributed by atoms with Crippen LogP contribution in [0.3, 0.4) is 0 Å². The summed E-state index contributed by atoms with van der Waals surface area (Å²) in [6.07, 6.45) is -0.656. The first-order valence-corrected chi connectivity index (χ1v) is 8.75. The molecular weight excluding hydrogens is 381 g/mol. The topological polar surface area (TPSA) is 84.7 Å². The van der Waals surface area contributed by atoms with Crippen molar-refractivity contribution in [2.45, 2.75) is 19.4 Å². The van der Waals surface area contributed by atoms with Gasteiger partial charge in [-0.05, 0) is 31.2 Å². The lowest BCUT2D eigenvalue weighted by Crippen LogP contribution is -2.46. The quantitative estimate of drug-likeness (QED) is 0.856. The number of aliphatic carboxylic acids is 1. The molecule has 0 radical (unpaired) electrons. The average molecular weight is 398 g/mol. The summed E-state index contributed by atoms with van der Waals surface area (Å²) < 4.78 is 6.98. The zero-order valence-electron chi connectivity index (χ0n) is 14.0. The number of carbonyl (C=O) groups is 2. The molecule has 138 valence electrons. The van der Waals surface area contributed by atoms with E-state index in [0.29, 0.717) is 28.9 Å². The Balaban J connectivity index is 1.81. The van der Waals surface area contributed by atoms with Gasteiger partial charge in [0.25, 0.3) is 5.91 Å². The Morgan fingerprint density at radius 1 is 1.35 bits per heavy atom. The lowest BCUT2D eigenvalue weighted by Gasteiger charge is -2.31. The molecule has 0 bridgehead atoms. The number of nitrogens with zero attached hydrogens (tertiary/aromatic N) is 3. The fraction of sp³-hybridized carbons (Fsp3) is 0.353. The highest BCUT2D eigenvalue weighted by molar-refractivity contribution is 6.35. The molecule has 1 aliphatic rings. The fourth-order valence-electron chi connectivity index (χ4n) is 2.86. The van der Waals surface area contributed by atoms with Crippen LogP contribution in [-0.4, -0.2) is 57.5 Å². The van der Waals surface area contributed by atoms with Gasteiger partial charge in [0, 0.05) is 23.8 Å². The SMILES string of the molecule is Cc1cc(C(=O)N2CCOC(CC(=O)O)C2)nn1-c1ccc(Cl)cc1Cl. The van der Waals surface area contributed by atoms with E-state index in [4.69, 9.17) is 33.0 Å². The number of morpholine rings is 1. The summed E-state index contributed by atoms with van der Waals surface area (Å²) in [7, 11) is 0. The molecule has 1 aliphatic heterocycles. The van der Waals surface area contributed by atoms with E-state index < -0.39 is 12.1 Å². The minimum absolute atomic E-state index is 0.141. The number of rotatable bonds is 4. The van der Waals surface area contributed by atoms with Crippen LogP contribution in [0, 0.1) is 6.92 Å². The summed E-state index contributed by atoms with van der Waals surface area (Å²) >= 11 is 12.2. The van der Waals surface area contributed by atoms with Crippen molar-refractivity contribution in [2.75, 3.05) is 19.7 Å². The summed E-state index contributed by atoms with van der Waals surface area (Å²) in [5.74, 6) is -1.22. The zero-order valence-corrected chi connectivity index (χ0v) is 15.5. The van der Waals surface area contributed by atoms with Crippen molar-refractivity contribution >= 4 is 35.1 Å². The highest BCUT2D eigenvalue weighted by Gasteiger charge is 2.28. The van der Waals surface area contributed by atoms with Crippen molar-refractivity contribution in [3.8, 4) is 5.69 Å². The summed E-state index contributed by atoms with van der Waals surface area (Å²) in [5, 5.41) is 14.2. The van der Waals surface area contributed by atoms with Crippen LogP contribution in [0.15, 0.2) is 24.3 Å². The van der Waals surface area contributed by atoms with Gasteiger partial charge in [0.1, 0.15) is 0 Å². The van der Waals surface area contributed by atoms with Crippen LogP contribution in [0.2, 0.25) is 10.0 Å². The molecule has 1 atom stereocenters. The third-order valence-corrected chi connectivity index (χ3v) is 4.61. The van der Waals surface area contributed by atoms with Crippen LogP contribution in [0.1, 0.15) is 22.6 Å². The first-order chi connectivity index (χ1) is 12.3. The summed E-state index contributed by atoms with van der Waals surface area (Å²) in [5.41, 5.74) is 1.63. The minimum atomic E-state index is -0.957. The monoisotopic (exact) mass is 397 g/mol. The third kappa shape index (κ3) is 4.00. The highest BCUT2D eigenvalue weighted by atomic mass is 35.5. The van der Waals surface area contributed by atoms with Crippen LogP contribution in [0.25, 0.3) is 5.69 Å². The molecule has 26 heavy (non-hydrogen) atoms. The molecule has 1 unspecified atom stereocenters. The number of benzene rings is 1. The second-order valence-electron chi connectivity index (χ2n) is 6.02. The molecule has 9 heteroatoms. The number of hydrogen-bond acceptors (Lipinski definition) is 4. The number of hydrogen-bond donors (Lipinski definition) is 1. The Bertz CT molecular complexity index is 853. The smallest absolute Gasteiger partial charge is 0.306 e. The Kier molecular flexibility index (Phi) is 5.50. The van der Waals surface area contributed by atoms with Crippen LogP contribution in [0.4, 0.5) is 0 Å². The Hall–Kier alpha value is -2.09. The van der Waals surface area contributed by atoms with Crippen LogP contribution < -0.4 is 0 Å². The van der Waals surface area contributed by atoms with Gasteiger partial charge in [-0.15, -0.1) is 0 Å². The van der Waals surface area contributed by atoms with E-state index in [1.54, 1.807) is 33.8 Å². The summed E-state index contributed by atoms with van der Waals surface area (Å²) in [6.45, 7) is 2.73. The second kappa shape index (κ2) is 7.65. The largest absolute Gasteiger partial charge is 0.481 e. The molecule has 0 saturated carbocycles. The van der Waals surface area contributed by atoms with Crippen LogP contribution >= 0.6 is 23.2 Å². The van der Waals surface area contributed by atoms with Gasteiger partial charge in [0.2, 0.25) is 0 Å². The van der Waals surface area contributed by atoms with Gasteiger partial charge in [0.15, 0.2) is 5.69 Å². The molecule has 3 rings (SSSR count). The van der Waals surface area contributed by atoms with E-state index in [1.165, 1.54) is 0 Å². The molecule has 2 heterocycles. The molecule has 1 aromatic heterocycles. The van der Waals surface area contributed by atoms with Gasteiger partial charge >= 0.3 is 5.97 Å². The van der Waals surface area contributed by atoms with Crippen molar-refractivity contribution < 1.29 is 19.4 Å². The average Bonchev–Trinajstić information content (AvgIpc) is 2.95. The lowest BCUT2D eigenvalue weighted by atomic mass is 10.2. The minimum Gasteiger partial charge on any atom is -0.481 e. The molecule has 1 amide bonds. The van der Waals surface area contributed by atoms with Gasteiger partial charge in [-0.2, -0.15) is 5.10 Å². The number of carbonyl (C=O) groups excluding carboxylic acids is 1. The summed E-state index contributed by atoms with van der Waals surface area (Å²) in [4.78, 5) is 25.2. The predicted molar refractivity (Wildman–Crippen MR) is 96.2 cm³/mol. The van der Waals surface area contributed by atoms with Gasteiger partial charge in [-0.25, -0.2) is 4.68 Å². The zero-order chi connectivity index (χ0) is 18.8. The number of amides is 1. The number of aromatic nitrogens is 2. The number of aryl methyl sites for hydroxylation is 1. The molecular formula is C17H17Cl2N3O4. The van der Waals surface area contributed by atoms with Crippen LogP contribution in [-0.2, 0) is 9.53 Å². The van der Waals surface area contributed by atoms with Crippen molar-refractivity contribution in [1.29, 1.82) is 0 Å². The standard InChI is InChI=1S/C17H17Cl2N3O4/c1-10-6-14(20-22(10)15-3-2-11(18)7-13(15)19)17(25)21-4-5-26-12(9-21)8-16(23)24/h2-3,6-7,12H,4-5,8-9H2,1H3,(H,23,24). The van der Waals surface area contributed by atoms with Crippen molar-refractivity contribution in [3.63, 3.8) is 0 Å². The van der Waals surface area contributed by atoms with E-state index in [0.717, 1.165) is 5.69 Å². The second-order valence-corrected chi connectivity index (χ2v) is 6.86. The van der Waals surface area contributed by atoms with E-state index in [-0.39, 0.29) is 24.6 Å². The van der Waals surface area contributed by atoms with Gasteiger partial charge in [0.05, 0.1) is 29.8 Å². The number of carboxylic acids is 1. The van der Waals surface area contributed by atoms with Gasteiger partial charge in [-0.1, -0.05) is 23.2 Å². The molecule has 0 spiro atoms. The summed E-state index contributed by atoms with van der Waals surface area (Å²) in [6, 6.07) is 6.72. The molecule has 0 aliphatic carbocycles. The predicted octanol–water partition coefficient (Wildman–Crippen LogP) is 2.80. The lowest BCUT2D eigenvalue weighted by molar-refractivity contribution is -0.141. The third-order valence-electron chi connectivity index (χ3n) is 4.07. The molecule has 1 N–H and O–H groups in total. The normalized spacial score (nSPS) is 17.3. The van der Waals surface area contributed by atoms with Crippen LogP contribution in [0.5, 0.6) is 0 Å². The fourth-order valence-corrected chi connectivity index (χ4v) is 3.35.